The second kappa shape index (κ2) is 6.25. The number of amides is 1. The number of carbonyl (C=O) groups is 1. The number of nitrogens with zero attached hydrogens (tertiary/aromatic N) is 2. The Kier molecular flexibility index (Phi) is 4.42. The molecule has 1 N–H and O–H groups in total. The summed E-state index contributed by atoms with van der Waals surface area (Å²) in [4.78, 5) is 17.5. The van der Waals surface area contributed by atoms with Gasteiger partial charge in [-0.2, -0.15) is 4.39 Å². The van der Waals surface area contributed by atoms with E-state index in [-0.39, 0.29) is 11.5 Å². The maximum absolute atomic E-state index is 13.0. The van der Waals surface area contributed by atoms with E-state index in [0.717, 1.165) is 17.3 Å². The maximum atomic E-state index is 13.0. The number of aromatic nitrogens is 1. The lowest BCUT2D eigenvalue weighted by Crippen LogP contribution is -2.16. The zero-order valence-corrected chi connectivity index (χ0v) is 11.4. The Morgan fingerprint density at radius 3 is 2.75 bits per heavy atom. The van der Waals surface area contributed by atoms with Gasteiger partial charge in [0.25, 0.3) is 5.91 Å². The molecule has 5 heteroatoms. The van der Waals surface area contributed by atoms with Gasteiger partial charge in [-0.05, 0) is 31.8 Å². The van der Waals surface area contributed by atoms with Crippen LogP contribution in [0.2, 0.25) is 0 Å². The Bertz CT molecular complexity index is 614. The van der Waals surface area contributed by atoms with Gasteiger partial charge in [0, 0.05) is 30.1 Å². The molecular formula is C15H16FN3O. The number of nitrogens with one attached hydrogen (secondary N) is 1. The zero-order chi connectivity index (χ0) is 14.5. The van der Waals surface area contributed by atoms with Gasteiger partial charge in [-0.25, -0.2) is 4.98 Å². The van der Waals surface area contributed by atoms with Gasteiger partial charge < -0.3 is 10.2 Å². The highest BCUT2D eigenvalue weighted by Crippen LogP contribution is 2.17. The molecule has 0 aliphatic carbocycles. The van der Waals surface area contributed by atoms with Crippen molar-refractivity contribution < 1.29 is 9.18 Å². The molecule has 0 bridgehead atoms. The van der Waals surface area contributed by atoms with Gasteiger partial charge in [0.2, 0.25) is 5.95 Å². The first-order valence-electron chi connectivity index (χ1n) is 6.22. The number of carbonyl (C=O) groups excluding carboxylic acids is 1. The molecule has 2 aromatic rings. The van der Waals surface area contributed by atoms with E-state index >= 15 is 0 Å². The van der Waals surface area contributed by atoms with E-state index in [1.165, 1.54) is 12.3 Å². The summed E-state index contributed by atoms with van der Waals surface area (Å²) < 4.78 is 13.0. The number of pyridine rings is 1. The summed E-state index contributed by atoms with van der Waals surface area (Å²) in [5.41, 5.74) is 1.97. The van der Waals surface area contributed by atoms with Crippen molar-refractivity contribution in [1.29, 1.82) is 0 Å². The van der Waals surface area contributed by atoms with Crippen LogP contribution in [0.25, 0.3) is 0 Å². The second-order valence-corrected chi connectivity index (χ2v) is 4.72. The molecule has 0 radical (unpaired) electrons. The lowest BCUT2D eigenvalue weighted by Gasteiger charge is -2.14. The first-order valence-corrected chi connectivity index (χ1v) is 6.22. The lowest BCUT2D eigenvalue weighted by molar-refractivity contribution is 0.102. The van der Waals surface area contributed by atoms with E-state index < -0.39 is 5.95 Å². The molecule has 0 unspecified atom stereocenters. The summed E-state index contributed by atoms with van der Waals surface area (Å²) in [7, 11) is 3.91. The highest BCUT2D eigenvalue weighted by atomic mass is 19.1. The number of halogens is 1. The first kappa shape index (κ1) is 14.1. The molecule has 1 heterocycles. The monoisotopic (exact) mass is 273 g/mol. The molecule has 1 aromatic carbocycles. The van der Waals surface area contributed by atoms with Gasteiger partial charge in [-0.3, -0.25) is 4.79 Å². The van der Waals surface area contributed by atoms with E-state index in [0.29, 0.717) is 6.54 Å². The first-order chi connectivity index (χ1) is 9.56. The average molecular weight is 273 g/mol. The van der Waals surface area contributed by atoms with Crippen molar-refractivity contribution in [2.75, 3.05) is 19.4 Å². The van der Waals surface area contributed by atoms with Crippen LogP contribution in [-0.4, -0.2) is 29.9 Å². The van der Waals surface area contributed by atoms with Crippen LogP contribution in [0.5, 0.6) is 0 Å². The molecule has 0 atom stereocenters. The van der Waals surface area contributed by atoms with Gasteiger partial charge in [0.1, 0.15) is 0 Å². The average Bonchev–Trinajstić information content (AvgIpc) is 2.40. The lowest BCUT2D eigenvalue weighted by atomic mass is 10.1. The topological polar surface area (TPSA) is 45.2 Å². The molecule has 0 aliphatic heterocycles. The molecule has 0 spiro atoms. The fourth-order valence-corrected chi connectivity index (χ4v) is 1.86. The quantitative estimate of drug-likeness (QED) is 0.871. The number of hydrogen-bond donors (Lipinski definition) is 1. The number of hydrogen-bond acceptors (Lipinski definition) is 3. The third-order valence-electron chi connectivity index (χ3n) is 2.74. The smallest absolute Gasteiger partial charge is 0.255 e. The van der Waals surface area contributed by atoms with E-state index in [2.05, 4.69) is 10.3 Å². The molecule has 1 amide bonds. The molecular weight excluding hydrogens is 257 g/mol. The van der Waals surface area contributed by atoms with Crippen molar-refractivity contribution in [1.82, 2.24) is 9.88 Å². The van der Waals surface area contributed by atoms with E-state index in [1.807, 2.05) is 43.3 Å². The van der Waals surface area contributed by atoms with Gasteiger partial charge in [0.15, 0.2) is 0 Å². The van der Waals surface area contributed by atoms with Gasteiger partial charge in [-0.15, -0.1) is 0 Å². The fourth-order valence-electron chi connectivity index (χ4n) is 1.86. The van der Waals surface area contributed by atoms with Gasteiger partial charge in [-0.1, -0.05) is 18.2 Å². The molecule has 1 aromatic heterocycles. The number of benzene rings is 1. The number of anilines is 1. The third-order valence-corrected chi connectivity index (χ3v) is 2.74. The van der Waals surface area contributed by atoms with Crippen LogP contribution in [0.4, 0.5) is 10.1 Å². The molecule has 20 heavy (non-hydrogen) atoms. The van der Waals surface area contributed by atoms with Crippen molar-refractivity contribution in [3.8, 4) is 0 Å². The normalized spacial score (nSPS) is 10.6. The predicted molar refractivity (Wildman–Crippen MR) is 76.0 cm³/mol. The van der Waals surface area contributed by atoms with Gasteiger partial charge >= 0.3 is 0 Å². The summed E-state index contributed by atoms with van der Waals surface area (Å²) in [6.07, 6.45) is 1.27. The van der Waals surface area contributed by atoms with Crippen molar-refractivity contribution in [3.63, 3.8) is 0 Å². The standard InChI is InChI=1S/C15H16FN3O/c1-19(2)10-12-5-3-4-6-13(12)18-15(20)11-7-8-17-14(16)9-11/h3-9H,10H2,1-2H3,(H,18,20). The summed E-state index contributed by atoms with van der Waals surface area (Å²) >= 11 is 0. The Labute approximate surface area is 117 Å². The summed E-state index contributed by atoms with van der Waals surface area (Å²) in [6.45, 7) is 0.709. The molecule has 0 fully saturated rings. The minimum Gasteiger partial charge on any atom is -0.322 e. The minimum atomic E-state index is -0.667. The minimum absolute atomic E-state index is 0.247. The molecule has 2 rings (SSSR count). The van der Waals surface area contributed by atoms with Crippen LogP contribution >= 0.6 is 0 Å². The highest BCUT2D eigenvalue weighted by Gasteiger charge is 2.10. The Hall–Kier alpha value is -2.27. The van der Waals surface area contributed by atoms with Crippen LogP contribution in [0.1, 0.15) is 15.9 Å². The SMILES string of the molecule is CN(C)Cc1ccccc1NC(=O)c1ccnc(F)c1. The number of para-hydroxylation sites is 1. The van der Waals surface area contributed by atoms with Crippen LogP contribution in [0, 0.1) is 5.95 Å². The van der Waals surface area contributed by atoms with E-state index in [9.17, 15) is 9.18 Å². The Morgan fingerprint density at radius 1 is 1.30 bits per heavy atom. The van der Waals surface area contributed by atoms with Crippen LogP contribution in [0.3, 0.4) is 0 Å². The van der Waals surface area contributed by atoms with Gasteiger partial charge in [0.05, 0.1) is 0 Å². The van der Waals surface area contributed by atoms with Crippen LogP contribution < -0.4 is 5.32 Å². The van der Waals surface area contributed by atoms with Crippen molar-refractivity contribution >= 4 is 11.6 Å². The molecule has 4 nitrogen and oxygen atoms in total. The number of rotatable bonds is 4. The molecule has 0 saturated heterocycles. The largest absolute Gasteiger partial charge is 0.322 e. The Morgan fingerprint density at radius 2 is 2.05 bits per heavy atom. The van der Waals surface area contributed by atoms with Crippen LogP contribution in [0.15, 0.2) is 42.6 Å². The summed E-state index contributed by atoms with van der Waals surface area (Å²) in [5.74, 6) is -1.02. The summed E-state index contributed by atoms with van der Waals surface area (Å²) in [6, 6.07) is 10.1. The maximum Gasteiger partial charge on any atom is 0.255 e. The van der Waals surface area contributed by atoms with E-state index in [4.69, 9.17) is 0 Å². The van der Waals surface area contributed by atoms with E-state index in [1.54, 1.807) is 0 Å². The fraction of sp³-hybridized carbons (Fsp3) is 0.200. The van der Waals surface area contributed by atoms with Crippen molar-refractivity contribution in [2.45, 2.75) is 6.54 Å². The third kappa shape index (κ3) is 3.61. The predicted octanol–water partition coefficient (Wildman–Crippen LogP) is 2.53. The van der Waals surface area contributed by atoms with Crippen LogP contribution in [-0.2, 0) is 6.54 Å². The van der Waals surface area contributed by atoms with Crippen molar-refractivity contribution in [3.05, 3.63) is 59.7 Å². The summed E-state index contributed by atoms with van der Waals surface area (Å²) in [5, 5.41) is 2.80. The molecule has 104 valence electrons. The second-order valence-electron chi connectivity index (χ2n) is 4.72. The molecule has 0 aliphatic rings. The Balaban J connectivity index is 2.19. The zero-order valence-electron chi connectivity index (χ0n) is 11.4. The molecule has 0 saturated carbocycles. The highest BCUT2D eigenvalue weighted by molar-refractivity contribution is 6.04. The van der Waals surface area contributed by atoms with Crippen molar-refractivity contribution in [2.24, 2.45) is 0 Å².